The molecule has 0 radical (unpaired) electrons. The van der Waals surface area contributed by atoms with E-state index < -0.39 is 0 Å². The van der Waals surface area contributed by atoms with Gasteiger partial charge in [-0.1, -0.05) is 33.1 Å². The van der Waals surface area contributed by atoms with E-state index in [-0.39, 0.29) is 6.10 Å². The molecule has 1 N–H and O–H groups in total. The summed E-state index contributed by atoms with van der Waals surface area (Å²) >= 11 is 0. The van der Waals surface area contributed by atoms with E-state index in [1.165, 1.54) is 32.1 Å². The number of rotatable bonds is 5. The molecule has 1 atom stereocenters. The molecule has 0 aromatic carbocycles. The van der Waals surface area contributed by atoms with Crippen LogP contribution in [0, 0.1) is 11.8 Å². The van der Waals surface area contributed by atoms with Crippen LogP contribution in [0.4, 0.5) is 0 Å². The Morgan fingerprint density at radius 3 is 2.17 bits per heavy atom. The van der Waals surface area contributed by atoms with Crippen LogP contribution in [0.1, 0.15) is 52.4 Å². The highest BCUT2D eigenvalue weighted by Gasteiger charge is 2.26. The molecular weight excluding hydrogens is 148 g/mol. The van der Waals surface area contributed by atoms with E-state index in [0.717, 1.165) is 12.3 Å². The molecular formula is C11H22O. The summed E-state index contributed by atoms with van der Waals surface area (Å²) in [5, 5.41) is 9.80. The molecule has 1 aliphatic carbocycles. The van der Waals surface area contributed by atoms with E-state index in [4.69, 9.17) is 0 Å². The highest BCUT2D eigenvalue weighted by Crippen LogP contribution is 2.33. The topological polar surface area (TPSA) is 20.2 Å². The first-order valence-corrected chi connectivity index (χ1v) is 5.46. The van der Waals surface area contributed by atoms with Crippen molar-refractivity contribution in [2.75, 3.05) is 0 Å². The number of aliphatic hydroxyl groups is 1. The second-order valence-electron chi connectivity index (χ2n) is 4.18. The monoisotopic (exact) mass is 170 g/mol. The van der Waals surface area contributed by atoms with Gasteiger partial charge in [0, 0.05) is 0 Å². The van der Waals surface area contributed by atoms with E-state index in [0.29, 0.717) is 5.92 Å². The van der Waals surface area contributed by atoms with Crippen molar-refractivity contribution in [2.45, 2.75) is 58.5 Å². The Hall–Kier alpha value is -0.0400. The lowest BCUT2D eigenvalue weighted by Crippen LogP contribution is -2.28. The Morgan fingerprint density at radius 2 is 1.83 bits per heavy atom. The van der Waals surface area contributed by atoms with Crippen LogP contribution < -0.4 is 0 Å². The Kier molecular flexibility index (Phi) is 4.07. The minimum atomic E-state index is 0.00338. The SMILES string of the molecule is CCC(CC)CC(O)C1CCC1. The van der Waals surface area contributed by atoms with E-state index >= 15 is 0 Å². The van der Waals surface area contributed by atoms with Crippen molar-refractivity contribution in [3.05, 3.63) is 0 Å². The zero-order chi connectivity index (χ0) is 8.97. The Bertz CT molecular complexity index is 114. The zero-order valence-corrected chi connectivity index (χ0v) is 8.42. The lowest BCUT2D eigenvalue weighted by Gasteiger charge is -2.32. The normalized spacial score (nSPS) is 21.0. The van der Waals surface area contributed by atoms with Gasteiger partial charge in [0.1, 0.15) is 0 Å². The van der Waals surface area contributed by atoms with Crippen molar-refractivity contribution in [2.24, 2.45) is 11.8 Å². The maximum Gasteiger partial charge on any atom is 0.0571 e. The van der Waals surface area contributed by atoms with Gasteiger partial charge in [0.25, 0.3) is 0 Å². The second kappa shape index (κ2) is 4.86. The molecule has 1 unspecified atom stereocenters. The number of hydrogen-bond donors (Lipinski definition) is 1. The van der Waals surface area contributed by atoms with Crippen molar-refractivity contribution in [3.63, 3.8) is 0 Å². The van der Waals surface area contributed by atoms with E-state index in [1.807, 2.05) is 0 Å². The van der Waals surface area contributed by atoms with Gasteiger partial charge in [0.15, 0.2) is 0 Å². The van der Waals surface area contributed by atoms with E-state index in [2.05, 4.69) is 13.8 Å². The molecule has 1 heteroatoms. The third kappa shape index (κ3) is 2.48. The maximum absolute atomic E-state index is 9.80. The molecule has 0 spiro atoms. The average molecular weight is 170 g/mol. The highest BCUT2D eigenvalue weighted by molar-refractivity contribution is 4.78. The fourth-order valence-corrected chi connectivity index (χ4v) is 1.98. The molecule has 1 fully saturated rings. The van der Waals surface area contributed by atoms with Gasteiger partial charge in [-0.2, -0.15) is 0 Å². The minimum absolute atomic E-state index is 0.00338. The van der Waals surface area contributed by atoms with Crippen LogP contribution in [0.3, 0.4) is 0 Å². The first kappa shape index (κ1) is 10.0. The maximum atomic E-state index is 9.80. The van der Waals surface area contributed by atoms with Gasteiger partial charge >= 0.3 is 0 Å². The quantitative estimate of drug-likeness (QED) is 0.672. The molecule has 0 saturated heterocycles. The molecule has 0 aliphatic heterocycles. The van der Waals surface area contributed by atoms with Crippen LogP contribution in [0.2, 0.25) is 0 Å². The molecule has 1 rings (SSSR count). The predicted molar refractivity (Wildman–Crippen MR) is 52.0 cm³/mol. The van der Waals surface area contributed by atoms with Gasteiger partial charge < -0.3 is 5.11 Å². The van der Waals surface area contributed by atoms with Gasteiger partial charge in [-0.05, 0) is 31.1 Å². The molecule has 0 aromatic heterocycles. The van der Waals surface area contributed by atoms with Gasteiger partial charge in [0.05, 0.1) is 6.10 Å². The van der Waals surface area contributed by atoms with E-state index in [1.54, 1.807) is 0 Å². The average Bonchev–Trinajstić information content (AvgIpc) is 1.96. The summed E-state index contributed by atoms with van der Waals surface area (Å²) in [5.74, 6) is 1.39. The predicted octanol–water partition coefficient (Wildman–Crippen LogP) is 2.97. The van der Waals surface area contributed by atoms with Gasteiger partial charge in [-0.25, -0.2) is 0 Å². The standard InChI is InChI=1S/C11H22O/c1-3-9(4-2)8-11(12)10-6-5-7-10/h9-12H,3-8H2,1-2H3. The highest BCUT2D eigenvalue weighted by atomic mass is 16.3. The molecule has 0 aromatic rings. The van der Waals surface area contributed by atoms with Gasteiger partial charge in [-0.15, -0.1) is 0 Å². The molecule has 1 aliphatic rings. The third-order valence-electron chi connectivity index (χ3n) is 3.42. The fourth-order valence-electron chi connectivity index (χ4n) is 1.98. The summed E-state index contributed by atoms with van der Waals surface area (Å²) in [6, 6.07) is 0. The first-order valence-electron chi connectivity index (χ1n) is 5.46. The Morgan fingerprint density at radius 1 is 1.25 bits per heavy atom. The summed E-state index contributed by atoms with van der Waals surface area (Å²) in [4.78, 5) is 0. The van der Waals surface area contributed by atoms with Crippen LogP contribution >= 0.6 is 0 Å². The smallest absolute Gasteiger partial charge is 0.0571 e. The summed E-state index contributed by atoms with van der Waals surface area (Å²) < 4.78 is 0. The molecule has 12 heavy (non-hydrogen) atoms. The number of aliphatic hydroxyl groups excluding tert-OH is 1. The Balaban J connectivity index is 2.18. The van der Waals surface area contributed by atoms with Crippen LogP contribution in [0.5, 0.6) is 0 Å². The van der Waals surface area contributed by atoms with Crippen molar-refractivity contribution >= 4 is 0 Å². The minimum Gasteiger partial charge on any atom is -0.393 e. The largest absolute Gasteiger partial charge is 0.393 e. The van der Waals surface area contributed by atoms with E-state index in [9.17, 15) is 5.11 Å². The van der Waals surface area contributed by atoms with Gasteiger partial charge in [-0.3, -0.25) is 0 Å². The molecule has 1 saturated carbocycles. The molecule has 0 amide bonds. The van der Waals surface area contributed by atoms with Crippen molar-refractivity contribution in [1.82, 2.24) is 0 Å². The third-order valence-corrected chi connectivity index (χ3v) is 3.42. The van der Waals surface area contributed by atoms with Crippen LogP contribution in [0.25, 0.3) is 0 Å². The molecule has 0 bridgehead atoms. The lowest BCUT2D eigenvalue weighted by molar-refractivity contribution is 0.0412. The molecule has 72 valence electrons. The van der Waals surface area contributed by atoms with Crippen molar-refractivity contribution in [1.29, 1.82) is 0 Å². The summed E-state index contributed by atoms with van der Waals surface area (Å²) in [6.45, 7) is 4.45. The first-order chi connectivity index (χ1) is 5.77. The van der Waals surface area contributed by atoms with Crippen LogP contribution in [-0.4, -0.2) is 11.2 Å². The zero-order valence-electron chi connectivity index (χ0n) is 8.42. The second-order valence-corrected chi connectivity index (χ2v) is 4.18. The van der Waals surface area contributed by atoms with Crippen LogP contribution in [0.15, 0.2) is 0 Å². The molecule has 0 heterocycles. The fraction of sp³-hybridized carbons (Fsp3) is 1.00. The lowest BCUT2D eigenvalue weighted by atomic mass is 9.77. The van der Waals surface area contributed by atoms with Crippen molar-refractivity contribution in [3.8, 4) is 0 Å². The van der Waals surface area contributed by atoms with Crippen LogP contribution in [-0.2, 0) is 0 Å². The van der Waals surface area contributed by atoms with Crippen molar-refractivity contribution < 1.29 is 5.11 Å². The summed E-state index contributed by atoms with van der Waals surface area (Å²) in [5.41, 5.74) is 0. The number of hydrogen-bond acceptors (Lipinski definition) is 1. The summed E-state index contributed by atoms with van der Waals surface area (Å²) in [6.07, 6.45) is 7.36. The Labute approximate surface area is 76.2 Å². The summed E-state index contributed by atoms with van der Waals surface area (Å²) in [7, 11) is 0. The van der Waals surface area contributed by atoms with Gasteiger partial charge in [0.2, 0.25) is 0 Å². The molecule has 1 nitrogen and oxygen atoms in total.